The molecule has 3 heterocycles. The molecule has 2 atom stereocenters. The van der Waals surface area contributed by atoms with Crippen molar-refractivity contribution in [2.75, 3.05) is 17.3 Å². The van der Waals surface area contributed by atoms with Crippen LogP contribution in [0.4, 0.5) is 23.1 Å². The average molecular weight is 617 g/mol. The zero-order valence-electron chi connectivity index (χ0n) is 25.8. The van der Waals surface area contributed by atoms with Gasteiger partial charge in [-0.3, -0.25) is 4.79 Å². The van der Waals surface area contributed by atoms with Crippen LogP contribution in [-0.2, 0) is 17.9 Å². The minimum Gasteiger partial charge on any atom is -0.497 e. The van der Waals surface area contributed by atoms with Gasteiger partial charge in [0.15, 0.2) is 5.82 Å². The summed E-state index contributed by atoms with van der Waals surface area (Å²) in [6, 6.07) is 23.5. The number of aromatic nitrogens is 4. The van der Waals surface area contributed by atoms with Gasteiger partial charge in [0.05, 0.1) is 31.1 Å². The Morgan fingerprint density at radius 1 is 1.09 bits per heavy atom. The Kier molecular flexibility index (Phi) is 9.08. The number of benzene rings is 2. The van der Waals surface area contributed by atoms with Crippen LogP contribution in [0.2, 0.25) is 0 Å². The van der Waals surface area contributed by atoms with Crippen LogP contribution in [0.3, 0.4) is 0 Å². The van der Waals surface area contributed by atoms with Crippen LogP contribution >= 0.6 is 0 Å². The predicted molar refractivity (Wildman–Crippen MR) is 177 cm³/mol. The number of aliphatic hydroxyl groups excluding tert-OH is 1. The van der Waals surface area contributed by atoms with Gasteiger partial charge in [-0.1, -0.05) is 67.0 Å². The Labute approximate surface area is 267 Å². The lowest BCUT2D eigenvalue weighted by Crippen LogP contribution is -2.36. The standard InChI is InChI=1S/C35H36N8O3/c1-23(44)37-20-24-11-15-26(16-12-24)28-8-6-10-33(40-28)42(22-25-13-17-27(46-3)18-14-25)30-19-32(39-29-7-4-5-9-31(29)45)41-43-34(36-2)21-38-35(30)43/h6,8,10-19,21,29,31,45H,4-5,7,9,20,22H2,1,3H3,(H,37,44)(H,39,41)/t29-,31-/m1/s1. The second-order valence-electron chi connectivity index (χ2n) is 11.4. The third kappa shape index (κ3) is 6.77. The lowest BCUT2D eigenvalue weighted by Gasteiger charge is -2.29. The molecule has 5 aromatic rings. The second-order valence-corrected chi connectivity index (χ2v) is 11.4. The van der Waals surface area contributed by atoms with Crippen molar-refractivity contribution < 1.29 is 14.6 Å². The minimum atomic E-state index is -0.476. The fourth-order valence-corrected chi connectivity index (χ4v) is 5.71. The molecular formula is C35H36N8O3. The molecule has 1 saturated carbocycles. The highest BCUT2D eigenvalue weighted by molar-refractivity contribution is 5.79. The molecule has 0 spiro atoms. The van der Waals surface area contributed by atoms with Crippen LogP contribution in [0.15, 0.2) is 79.0 Å². The Hall–Kier alpha value is -5.47. The van der Waals surface area contributed by atoms with Gasteiger partial charge in [0.25, 0.3) is 11.5 Å². The molecular weight excluding hydrogens is 580 g/mol. The number of carbonyl (C=O) groups is 1. The fourth-order valence-electron chi connectivity index (χ4n) is 5.71. The summed E-state index contributed by atoms with van der Waals surface area (Å²) in [6.45, 7) is 10.2. The number of nitrogens with one attached hydrogen (secondary N) is 2. The largest absolute Gasteiger partial charge is 0.497 e. The first-order valence-electron chi connectivity index (χ1n) is 15.3. The number of rotatable bonds is 10. The second kappa shape index (κ2) is 13.7. The van der Waals surface area contributed by atoms with Crippen molar-refractivity contribution >= 4 is 34.7 Å². The maximum atomic E-state index is 11.4. The molecule has 1 aliphatic carbocycles. The molecule has 234 valence electrons. The van der Waals surface area contributed by atoms with E-state index in [1.807, 2.05) is 72.8 Å². The SMILES string of the molecule is [C-]#[N+]c1cnc2c(N(Cc3ccc(OC)cc3)c3cccc(-c4ccc(CNC(C)=O)cc4)n3)cc(N[C@@H]3CCCC[C@H]3O)nn12. The molecule has 3 N–H and O–H groups in total. The monoisotopic (exact) mass is 616 g/mol. The minimum absolute atomic E-state index is 0.0742. The van der Waals surface area contributed by atoms with Crippen LogP contribution in [0.1, 0.15) is 43.7 Å². The number of anilines is 3. The van der Waals surface area contributed by atoms with E-state index in [1.165, 1.54) is 13.1 Å². The number of aliphatic hydroxyl groups is 1. The topological polar surface area (TPSA) is 121 Å². The number of hydrogen-bond donors (Lipinski definition) is 3. The highest BCUT2D eigenvalue weighted by Gasteiger charge is 2.26. The van der Waals surface area contributed by atoms with Gasteiger partial charge >= 0.3 is 0 Å². The van der Waals surface area contributed by atoms with Crippen LogP contribution in [0, 0.1) is 6.57 Å². The van der Waals surface area contributed by atoms with Crippen molar-refractivity contribution in [2.45, 2.75) is 57.8 Å². The molecule has 0 saturated heterocycles. The molecule has 11 nitrogen and oxygen atoms in total. The third-order valence-corrected chi connectivity index (χ3v) is 8.20. The highest BCUT2D eigenvalue weighted by Crippen LogP contribution is 2.35. The molecule has 6 rings (SSSR count). The first-order chi connectivity index (χ1) is 22.4. The van der Waals surface area contributed by atoms with Crippen molar-refractivity contribution in [1.29, 1.82) is 0 Å². The number of ether oxygens (including phenoxy) is 1. The van der Waals surface area contributed by atoms with Gasteiger partial charge < -0.3 is 30.2 Å². The number of pyridine rings is 1. The Morgan fingerprint density at radius 2 is 1.85 bits per heavy atom. The van der Waals surface area contributed by atoms with Crippen LogP contribution < -0.4 is 20.3 Å². The smallest absolute Gasteiger partial charge is 0.275 e. The van der Waals surface area contributed by atoms with E-state index >= 15 is 0 Å². The van der Waals surface area contributed by atoms with Gasteiger partial charge in [-0.25, -0.2) is 9.97 Å². The van der Waals surface area contributed by atoms with Crippen molar-refractivity contribution in [2.24, 2.45) is 0 Å². The lowest BCUT2D eigenvalue weighted by atomic mass is 9.92. The van der Waals surface area contributed by atoms with E-state index in [-0.39, 0.29) is 17.8 Å². The van der Waals surface area contributed by atoms with E-state index in [9.17, 15) is 9.90 Å². The third-order valence-electron chi connectivity index (χ3n) is 8.20. The van der Waals surface area contributed by atoms with Crippen molar-refractivity contribution in [3.63, 3.8) is 0 Å². The van der Waals surface area contributed by atoms with E-state index in [4.69, 9.17) is 21.4 Å². The number of nitrogens with zero attached hydrogens (tertiary/aromatic N) is 6. The van der Waals surface area contributed by atoms with Crippen LogP contribution in [0.5, 0.6) is 5.75 Å². The van der Waals surface area contributed by atoms with Gasteiger partial charge in [0.2, 0.25) is 5.91 Å². The Balaban J connectivity index is 1.43. The molecule has 11 heteroatoms. The fraction of sp³-hybridized carbons (Fsp3) is 0.286. The van der Waals surface area contributed by atoms with Crippen molar-refractivity contribution in [3.8, 4) is 17.0 Å². The van der Waals surface area contributed by atoms with E-state index in [1.54, 1.807) is 11.6 Å². The summed E-state index contributed by atoms with van der Waals surface area (Å²) in [7, 11) is 1.64. The van der Waals surface area contributed by atoms with Gasteiger partial charge in [-0.2, -0.15) is 0 Å². The maximum absolute atomic E-state index is 11.4. The summed E-state index contributed by atoms with van der Waals surface area (Å²) in [4.78, 5) is 26.8. The first kappa shape index (κ1) is 30.6. The number of fused-ring (bicyclic) bond motifs is 1. The van der Waals surface area contributed by atoms with E-state index < -0.39 is 6.10 Å². The van der Waals surface area contributed by atoms with Gasteiger partial charge in [0.1, 0.15) is 17.3 Å². The molecule has 3 aromatic heterocycles. The molecule has 46 heavy (non-hydrogen) atoms. The number of imidazole rings is 1. The zero-order chi connectivity index (χ0) is 32.0. The normalized spacial score (nSPS) is 16.0. The molecule has 1 amide bonds. The van der Waals surface area contributed by atoms with Gasteiger partial charge in [0, 0.05) is 31.6 Å². The number of carbonyl (C=O) groups excluding carboxylic acids is 1. The molecule has 0 bridgehead atoms. The highest BCUT2D eigenvalue weighted by atomic mass is 16.5. The van der Waals surface area contributed by atoms with Crippen molar-refractivity contribution in [1.82, 2.24) is 24.9 Å². The lowest BCUT2D eigenvalue weighted by molar-refractivity contribution is -0.119. The Morgan fingerprint density at radius 3 is 2.57 bits per heavy atom. The summed E-state index contributed by atoms with van der Waals surface area (Å²) >= 11 is 0. The molecule has 1 fully saturated rings. The zero-order valence-corrected chi connectivity index (χ0v) is 25.8. The number of amides is 1. The quantitative estimate of drug-likeness (QED) is 0.163. The average Bonchev–Trinajstić information content (AvgIpc) is 3.51. The molecule has 0 aliphatic heterocycles. The molecule has 0 radical (unpaired) electrons. The predicted octanol–water partition coefficient (Wildman–Crippen LogP) is 6.04. The molecule has 0 unspecified atom stereocenters. The Bertz CT molecular complexity index is 1860. The van der Waals surface area contributed by atoms with E-state index in [0.717, 1.165) is 53.8 Å². The number of methoxy groups -OCH3 is 1. The summed E-state index contributed by atoms with van der Waals surface area (Å²) in [5, 5.41) is 21.7. The molecule has 1 aliphatic rings. The van der Waals surface area contributed by atoms with Gasteiger partial charge in [-0.05, 0) is 48.2 Å². The summed E-state index contributed by atoms with van der Waals surface area (Å²) in [5.74, 6) is 2.20. The summed E-state index contributed by atoms with van der Waals surface area (Å²) < 4.78 is 6.94. The molecule has 2 aromatic carbocycles. The van der Waals surface area contributed by atoms with Gasteiger partial charge in [-0.15, -0.1) is 4.52 Å². The first-order valence-corrected chi connectivity index (χ1v) is 15.3. The van der Waals surface area contributed by atoms with Crippen LogP contribution in [0.25, 0.3) is 21.7 Å². The maximum Gasteiger partial charge on any atom is 0.275 e. The van der Waals surface area contributed by atoms with E-state index in [2.05, 4.69) is 25.4 Å². The summed E-state index contributed by atoms with van der Waals surface area (Å²) in [6.07, 6.45) is 4.64. The van der Waals surface area contributed by atoms with Crippen molar-refractivity contribution in [3.05, 3.63) is 102 Å². The summed E-state index contributed by atoms with van der Waals surface area (Å²) in [5.41, 5.74) is 4.95. The van der Waals surface area contributed by atoms with Crippen LogP contribution in [-0.4, -0.2) is 49.9 Å². The number of hydrogen-bond acceptors (Lipinski definition) is 8. The van der Waals surface area contributed by atoms with E-state index in [0.29, 0.717) is 36.1 Å².